The minimum atomic E-state index is -4.63. The Morgan fingerprint density at radius 1 is 0.857 bits per heavy atom. The summed E-state index contributed by atoms with van der Waals surface area (Å²) in [5, 5.41) is 2.95. The van der Waals surface area contributed by atoms with E-state index in [1.54, 1.807) is 35.2 Å². The van der Waals surface area contributed by atoms with Gasteiger partial charge in [-0.25, -0.2) is 4.57 Å². The van der Waals surface area contributed by atoms with E-state index in [2.05, 4.69) is 5.32 Å². The van der Waals surface area contributed by atoms with E-state index in [-0.39, 0.29) is 17.9 Å². The normalized spacial score (nSPS) is 17.9. The first-order valence-corrected chi connectivity index (χ1v) is 15.2. The second kappa shape index (κ2) is 11.2. The molecule has 2 aliphatic rings. The molecule has 1 saturated heterocycles. The molecule has 2 aliphatic heterocycles. The van der Waals surface area contributed by atoms with Crippen molar-refractivity contribution in [1.29, 1.82) is 0 Å². The van der Waals surface area contributed by atoms with Crippen molar-refractivity contribution in [3.8, 4) is 11.1 Å². The number of aryl methyl sites for hydroxylation is 1. The lowest BCUT2D eigenvalue weighted by Gasteiger charge is -2.40. The van der Waals surface area contributed by atoms with Crippen molar-refractivity contribution in [1.82, 2.24) is 0 Å². The summed E-state index contributed by atoms with van der Waals surface area (Å²) >= 11 is 0. The SMILES string of the molecule is Cc1ccc(-c2ccccc2C(=O)Nc2ccc(C(=O)N3C[C@H]4C[C@H](OP(=O)(O)O)CN4c4ccccc43)cc2)cc1. The Labute approximate surface area is 243 Å². The van der Waals surface area contributed by atoms with Crippen LogP contribution in [0.1, 0.15) is 32.7 Å². The van der Waals surface area contributed by atoms with Crippen molar-refractivity contribution in [3.05, 3.63) is 114 Å². The summed E-state index contributed by atoms with van der Waals surface area (Å²) in [7, 11) is -4.63. The summed E-state index contributed by atoms with van der Waals surface area (Å²) in [5.74, 6) is -0.451. The minimum absolute atomic E-state index is 0.146. The number of hydrogen-bond donors (Lipinski definition) is 3. The number of fused-ring (bicyclic) bond motifs is 3. The van der Waals surface area contributed by atoms with Gasteiger partial charge in [0.2, 0.25) is 0 Å². The molecule has 0 radical (unpaired) electrons. The maximum Gasteiger partial charge on any atom is 0.469 e. The van der Waals surface area contributed by atoms with Crippen LogP contribution >= 0.6 is 7.82 Å². The Kier molecular flexibility index (Phi) is 7.43. The number of carbonyl (C=O) groups excluding carboxylic acids is 2. The van der Waals surface area contributed by atoms with E-state index in [0.717, 1.165) is 28.1 Å². The lowest BCUT2D eigenvalue weighted by molar-refractivity contribution is 0.0981. The second-order valence-electron chi connectivity index (χ2n) is 10.6. The largest absolute Gasteiger partial charge is 0.469 e. The average Bonchev–Trinajstić information content (AvgIpc) is 3.38. The van der Waals surface area contributed by atoms with E-state index < -0.39 is 13.9 Å². The molecule has 6 rings (SSSR count). The molecular formula is C32H30N3O6P. The molecule has 0 saturated carbocycles. The van der Waals surface area contributed by atoms with Crippen LogP contribution in [0.4, 0.5) is 17.1 Å². The minimum Gasteiger partial charge on any atom is -0.362 e. The molecule has 0 aromatic heterocycles. The summed E-state index contributed by atoms with van der Waals surface area (Å²) in [5.41, 5.74) is 6.03. The van der Waals surface area contributed by atoms with Gasteiger partial charge in [0.25, 0.3) is 11.8 Å². The Balaban J connectivity index is 1.19. The van der Waals surface area contributed by atoms with Gasteiger partial charge in [0.05, 0.1) is 17.5 Å². The number of hydrogen-bond acceptors (Lipinski definition) is 5. The molecule has 3 N–H and O–H groups in total. The highest BCUT2D eigenvalue weighted by Gasteiger charge is 2.42. The molecule has 10 heteroatoms. The van der Waals surface area contributed by atoms with Gasteiger partial charge in [0.1, 0.15) is 0 Å². The van der Waals surface area contributed by atoms with Crippen LogP contribution < -0.4 is 15.1 Å². The molecule has 214 valence electrons. The number of para-hydroxylation sites is 2. The standard InChI is InChI=1S/C32H30N3O6P/c1-21-10-12-22(13-11-21)27-6-2-3-7-28(27)31(36)33-24-16-14-23(15-17-24)32(37)35-19-25-18-26(41-42(38,39)40)20-34(25)29-8-4-5-9-30(29)35/h2-17,25-26H,18-20H2,1H3,(H,33,36)(H2,38,39,40)/t25-,26+/m1/s1. The number of amides is 2. The van der Waals surface area contributed by atoms with Crippen LogP contribution in [-0.2, 0) is 9.09 Å². The topological polar surface area (TPSA) is 119 Å². The van der Waals surface area contributed by atoms with Crippen LogP contribution in [0.5, 0.6) is 0 Å². The van der Waals surface area contributed by atoms with Crippen LogP contribution in [-0.4, -0.2) is 46.8 Å². The van der Waals surface area contributed by atoms with Gasteiger partial charge in [-0.15, -0.1) is 0 Å². The van der Waals surface area contributed by atoms with Crippen molar-refractivity contribution in [2.24, 2.45) is 0 Å². The fraction of sp³-hybridized carbons (Fsp3) is 0.188. The Morgan fingerprint density at radius 2 is 1.52 bits per heavy atom. The molecule has 0 unspecified atom stereocenters. The third kappa shape index (κ3) is 5.73. The number of benzene rings is 4. The molecule has 4 aromatic rings. The summed E-state index contributed by atoms with van der Waals surface area (Å²) in [4.78, 5) is 49.3. The molecule has 2 amide bonds. The van der Waals surface area contributed by atoms with E-state index in [0.29, 0.717) is 36.3 Å². The molecular weight excluding hydrogens is 553 g/mol. The smallest absolute Gasteiger partial charge is 0.362 e. The number of phosphoric acid groups is 1. The molecule has 4 aromatic carbocycles. The Bertz CT molecular complexity index is 1690. The quantitative estimate of drug-likeness (QED) is 0.252. The average molecular weight is 584 g/mol. The lowest BCUT2D eigenvalue weighted by Crippen LogP contribution is -2.48. The summed E-state index contributed by atoms with van der Waals surface area (Å²) < 4.78 is 16.4. The molecule has 2 heterocycles. The first kappa shape index (κ1) is 27.9. The maximum absolute atomic E-state index is 13.7. The van der Waals surface area contributed by atoms with Gasteiger partial charge in [-0.05, 0) is 66.9 Å². The van der Waals surface area contributed by atoms with Gasteiger partial charge >= 0.3 is 7.82 Å². The van der Waals surface area contributed by atoms with Crippen LogP contribution in [0, 0.1) is 6.92 Å². The van der Waals surface area contributed by atoms with Crippen molar-refractivity contribution < 1.29 is 28.5 Å². The van der Waals surface area contributed by atoms with Crippen molar-refractivity contribution >= 4 is 36.7 Å². The van der Waals surface area contributed by atoms with E-state index in [1.165, 1.54) is 0 Å². The number of rotatable bonds is 6. The fourth-order valence-corrected chi connectivity index (χ4v) is 6.31. The van der Waals surface area contributed by atoms with Crippen molar-refractivity contribution in [3.63, 3.8) is 0 Å². The summed E-state index contributed by atoms with van der Waals surface area (Å²) in [6, 6.07) is 29.6. The predicted molar refractivity (Wildman–Crippen MR) is 162 cm³/mol. The molecule has 0 aliphatic carbocycles. The molecule has 9 nitrogen and oxygen atoms in total. The van der Waals surface area contributed by atoms with Gasteiger partial charge in [0, 0.05) is 35.9 Å². The molecule has 2 atom stereocenters. The highest BCUT2D eigenvalue weighted by Crippen LogP contribution is 2.45. The van der Waals surface area contributed by atoms with Gasteiger partial charge in [-0.1, -0.05) is 60.2 Å². The Hall–Kier alpha value is -4.27. The molecule has 42 heavy (non-hydrogen) atoms. The third-order valence-corrected chi connectivity index (χ3v) is 8.28. The number of anilines is 3. The van der Waals surface area contributed by atoms with E-state index in [9.17, 15) is 23.9 Å². The highest BCUT2D eigenvalue weighted by atomic mass is 31.2. The number of nitrogens with zero attached hydrogens (tertiary/aromatic N) is 2. The zero-order valence-electron chi connectivity index (χ0n) is 22.9. The van der Waals surface area contributed by atoms with Crippen LogP contribution in [0.3, 0.4) is 0 Å². The maximum atomic E-state index is 13.7. The van der Waals surface area contributed by atoms with Gasteiger partial charge in [-0.3, -0.25) is 14.1 Å². The lowest BCUT2D eigenvalue weighted by atomic mass is 9.98. The van der Waals surface area contributed by atoms with Crippen LogP contribution in [0.2, 0.25) is 0 Å². The highest BCUT2D eigenvalue weighted by molar-refractivity contribution is 7.46. The van der Waals surface area contributed by atoms with Gasteiger partial charge < -0.3 is 24.9 Å². The van der Waals surface area contributed by atoms with Crippen molar-refractivity contribution in [2.75, 3.05) is 28.2 Å². The monoisotopic (exact) mass is 583 g/mol. The van der Waals surface area contributed by atoms with E-state index >= 15 is 0 Å². The zero-order chi connectivity index (χ0) is 29.4. The zero-order valence-corrected chi connectivity index (χ0v) is 23.8. The summed E-state index contributed by atoms with van der Waals surface area (Å²) in [6.45, 7) is 2.70. The van der Waals surface area contributed by atoms with Crippen molar-refractivity contribution in [2.45, 2.75) is 25.5 Å². The first-order valence-electron chi connectivity index (χ1n) is 13.7. The molecule has 0 bridgehead atoms. The Morgan fingerprint density at radius 3 is 2.24 bits per heavy atom. The molecule has 0 spiro atoms. The fourth-order valence-electron chi connectivity index (χ4n) is 5.77. The van der Waals surface area contributed by atoms with E-state index in [4.69, 9.17) is 4.52 Å². The predicted octanol–water partition coefficient (Wildman–Crippen LogP) is 5.63. The third-order valence-electron chi connectivity index (χ3n) is 7.71. The second-order valence-corrected chi connectivity index (χ2v) is 11.8. The van der Waals surface area contributed by atoms with E-state index in [1.807, 2.05) is 78.6 Å². The summed E-state index contributed by atoms with van der Waals surface area (Å²) in [6.07, 6.45) is -0.254. The first-order chi connectivity index (χ1) is 20.2. The number of phosphoric ester groups is 1. The van der Waals surface area contributed by atoms with Crippen LogP contribution in [0.15, 0.2) is 97.1 Å². The van der Waals surface area contributed by atoms with Gasteiger partial charge in [-0.2, -0.15) is 0 Å². The van der Waals surface area contributed by atoms with Gasteiger partial charge in [0.15, 0.2) is 0 Å². The number of nitrogens with one attached hydrogen (secondary N) is 1. The number of carbonyl (C=O) groups is 2. The molecule has 1 fully saturated rings. The van der Waals surface area contributed by atoms with Crippen LogP contribution in [0.25, 0.3) is 11.1 Å².